The maximum absolute atomic E-state index is 12.7. The highest BCUT2D eigenvalue weighted by atomic mass is 16.3. The van der Waals surface area contributed by atoms with E-state index in [0.717, 1.165) is 19.4 Å². The van der Waals surface area contributed by atoms with Gasteiger partial charge in [-0.1, -0.05) is 50.1 Å². The average Bonchev–Trinajstić information content (AvgIpc) is 2.73. The number of piperidine rings is 1. The van der Waals surface area contributed by atoms with E-state index in [1.54, 1.807) is 0 Å². The molecule has 28 heavy (non-hydrogen) atoms. The van der Waals surface area contributed by atoms with Crippen molar-refractivity contribution >= 4 is 11.8 Å². The van der Waals surface area contributed by atoms with Crippen LogP contribution < -0.4 is 5.32 Å². The molecule has 3 atom stereocenters. The van der Waals surface area contributed by atoms with Gasteiger partial charge in [-0.05, 0) is 44.4 Å². The smallest absolute Gasteiger partial charge is 0.222 e. The maximum Gasteiger partial charge on any atom is 0.222 e. The summed E-state index contributed by atoms with van der Waals surface area (Å²) in [5.74, 6) is 0.661. The van der Waals surface area contributed by atoms with Crippen LogP contribution in [0.2, 0.25) is 0 Å². The number of nitrogens with zero attached hydrogens (tertiary/aromatic N) is 1. The fourth-order valence-electron chi connectivity index (χ4n) is 4.85. The summed E-state index contributed by atoms with van der Waals surface area (Å²) in [6.45, 7) is 2.71. The molecule has 2 aliphatic rings. The largest absolute Gasteiger partial charge is 0.367 e. The zero-order valence-electron chi connectivity index (χ0n) is 17.0. The third-order valence-electron chi connectivity index (χ3n) is 6.47. The first-order valence-electron chi connectivity index (χ1n) is 10.9. The van der Waals surface area contributed by atoms with Crippen LogP contribution in [0.5, 0.6) is 0 Å². The van der Waals surface area contributed by atoms with E-state index in [4.69, 9.17) is 0 Å². The number of hydrogen-bond acceptors (Lipinski definition) is 3. The molecule has 1 aromatic rings. The molecule has 3 rings (SSSR count). The molecule has 0 aromatic heterocycles. The second-order valence-corrected chi connectivity index (χ2v) is 8.32. The molecule has 154 valence electrons. The van der Waals surface area contributed by atoms with Gasteiger partial charge in [0, 0.05) is 31.0 Å². The molecular weight excluding hydrogens is 352 g/mol. The molecular formula is C23H34N2O3. The lowest BCUT2D eigenvalue weighted by Crippen LogP contribution is -2.49. The van der Waals surface area contributed by atoms with Crippen molar-refractivity contribution in [3.05, 3.63) is 35.9 Å². The number of carbonyl (C=O) groups excluding carboxylic acids is 2. The molecule has 1 aliphatic heterocycles. The predicted octanol–water partition coefficient (Wildman–Crippen LogP) is 3.71. The monoisotopic (exact) mass is 386 g/mol. The third kappa shape index (κ3) is 4.93. The summed E-state index contributed by atoms with van der Waals surface area (Å²) >= 11 is 0. The summed E-state index contributed by atoms with van der Waals surface area (Å²) in [5, 5.41) is 13.5. The number of amides is 2. The molecule has 1 aromatic carbocycles. The fourth-order valence-corrected chi connectivity index (χ4v) is 4.85. The molecule has 5 heteroatoms. The molecule has 0 bridgehead atoms. The van der Waals surface area contributed by atoms with E-state index in [0.29, 0.717) is 36.8 Å². The van der Waals surface area contributed by atoms with Crippen molar-refractivity contribution in [1.29, 1.82) is 0 Å². The second kappa shape index (κ2) is 9.55. The maximum atomic E-state index is 12.7. The van der Waals surface area contributed by atoms with Crippen LogP contribution in [-0.4, -0.2) is 34.4 Å². The number of aliphatic hydroxyl groups is 1. The minimum atomic E-state index is -1.36. The number of rotatable bonds is 7. The highest BCUT2D eigenvalue weighted by Crippen LogP contribution is 2.35. The van der Waals surface area contributed by atoms with Crippen molar-refractivity contribution in [2.24, 2.45) is 5.92 Å². The van der Waals surface area contributed by atoms with Gasteiger partial charge in [0.2, 0.25) is 11.8 Å². The van der Waals surface area contributed by atoms with Crippen LogP contribution in [0, 0.1) is 5.92 Å². The minimum Gasteiger partial charge on any atom is -0.367 e. The Morgan fingerprint density at radius 2 is 1.82 bits per heavy atom. The first kappa shape index (κ1) is 20.8. The Labute approximate surface area is 168 Å². The summed E-state index contributed by atoms with van der Waals surface area (Å²) < 4.78 is 0. The van der Waals surface area contributed by atoms with E-state index in [2.05, 4.69) is 10.2 Å². The molecule has 1 aliphatic carbocycles. The summed E-state index contributed by atoms with van der Waals surface area (Å²) in [5.41, 5.74) is -0.677. The molecule has 1 saturated carbocycles. The summed E-state index contributed by atoms with van der Waals surface area (Å²) in [6, 6.07) is 9.61. The van der Waals surface area contributed by atoms with Gasteiger partial charge < -0.3 is 15.3 Å². The number of fused-ring (bicyclic) bond motifs is 1. The number of likely N-dealkylation sites (tertiary alicyclic amines) is 1. The summed E-state index contributed by atoms with van der Waals surface area (Å²) in [4.78, 5) is 27.2. The van der Waals surface area contributed by atoms with Crippen molar-refractivity contribution in [3.8, 4) is 0 Å². The highest BCUT2D eigenvalue weighted by molar-refractivity contribution is 5.79. The molecule has 2 unspecified atom stereocenters. The first-order valence-corrected chi connectivity index (χ1v) is 10.9. The number of carbonyl (C=O) groups is 2. The Morgan fingerprint density at radius 1 is 1.11 bits per heavy atom. The van der Waals surface area contributed by atoms with Gasteiger partial charge in [0.15, 0.2) is 5.72 Å². The molecule has 0 spiro atoms. The predicted molar refractivity (Wildman–Crippen MR) is 109 cm³/mol. The Hall–Kier alpha value is -1.88. The average molecular weight is 387 g/mol. The highest BCUT2D eigenvalue weighted by Gasteiger charge is 2.35. The Balaban J connectivity index is 1.47. The topological polar surface area (TPSA) is 69.6 Å². The normalized spacial score (nSPS) is 24.1. The standard InChI is InChI=1S/C23H34N2O3/c1-2-23(28,19-12-4-3-5-13-19)24-21(26)15-8-16-22(27)25-17-9-11-18-10-6-7-14-20(18)25/h3-5,12-13,18,20,28H,2,6-11,14-17H2,1H3,(H,24,26)/t18?,20?,23-/m1/s1. The number of hydrogen-bond donors (Lipinski definition) is 2. The Kier molecular flexibility index (Phi) is 7.11. The van der Waals surface area contributed by atoms with Gasteiger partial charge in [-0.15, -0.1) is 0 Å². The van der Waals surface area contributed by atoms with Crippen LogP contribution in [0.25, 0.3) is 0 Å². The van der Waals surface area contributed by atoms with Crippen LogP contribution in [0.15, 0.2) is 30.3 Å². The Bertz CT molecular complexity index is 661. The zero-order chi connectivity index (χ0) is 20.0. The molecule has 0 radical (unpaired) electrons. The molecule has 2 fully saturated rings. The first-order chi connectivity index (χ1) is 13.5. The van der Waals surface area contributed by atoms with Gasteiger partial charge >= 0.3 is 0 Å². The van der Waals surface area contributed by atoms with Gasteiger partial charge in [-0.25, -0.2) is 0 Å². The van der Waals surface area contributed by atoms with Crippen LogP contribution in [0.1, 0.15) is 76.7 Å². The number of nitrogens with one attached hydrogen (secondary N) is 1. The van der Waals surface area contributed by atoms with Crippen molar-refractivity contribution in [1.82, 2.24) is 10.2 Å². The molecule has 2 N–H and O–H groups in total. The lowest BCUT2D eigenvalue weighted by atomic mass is 9.78. The fraction of sp³-hybridized carbons (Fsp3) is 0.652. The second-order valence-electron chi connectivity index (χ2n) is 8.32. The van der Waals surface area contributed by atoms with Gasteiger partial charge in [0.25, 0.3) is 0 Å². The third-order valence-corrected chi connectivity index (χ3v) is 6.47. The van der Waals surface area contributed by atoms with Gasteiger partial charge in [-0.3, -0.25) is 9.59 Å². The van der Waals surface area contributed by atoms with Crippen molar-refractivity contribution in [2.75, 3.05) is 6.54 Å². The van der Waals surface area contributed by atoms with Crippen molar-refractivity contribution in [2.45, 2.75) is 82.9 Å². The van der Waals surface area contributed by atoms with E-state index < -0.39 is 5.72 Å². The Morgan fingerprint density at radius 3 is 2.57 bits per heavy atom. The van der Waals surface area contributed by atoms with Crippen LogP contribution in [-0.2, 0) is 15.3 Å². The summed E-state index contributed by atoms with van der Waals surface area (Å²) in [7, 11) is 0. The van der Waals surface area contributed by atoms with Crippen molar-refractivity contribution in [3.63, 3.8) is 0 Å². The zero-order valence-corrected chi connectivity index (χ0v) is 17.0. The molecule has 1 saturated heterocycles. The molecule has 5 nitrogen and oxygen atoms in total. The van der Waals surface area contributed by atoms with E-state index >= 15 is 0 Å². The van der Waals surface area contributed by atoms with Crippen LogP contribution in [0.4, 0.5) is 0 Å². The quantitative estimate of drug-likeness (QED) is 0.702. The van der Waals surface area contributed by atoms with E-state index in [9.17, 15) is 14.7 Å². The van der Waals surface area contributed by atoms with Gasteiger partial charge in [0.1, 0.15) is 0 Å². The van der Waals surface area contributed by atoms with Crippen LogP contribution in [0.3, 0.4) is 0 Å². The van der Waals surface area contributed by atoms with Gasteiger partial charge in [-0.2, -0.15) is 0 Å². The minimum absolute atomic E-state index is 0.193. The SMILES string of the molecule is CC[C@](O)(NC(=O)CCCC(=O)N1CCCC2CCCCC21)c1ccccc1. The van der Waals surface area contributed by atoms with E-state index in [1.165, 1.54) is 25.7 Å². The number of benzene rings is 1. The van der Waals surface area contributed by atoms with Crippen molar-refractivity contribution < 1.29 is 14.7 Å². The molecule has 1 heterocycles. The van der Waals surface area contributed by atoms with Crippen LogP contribution >= 0.6 is 0 Å². The lowest BCUT2D eigenvalue weighted by Gasteiger charge is -2.44. The van der Waals surface area contributed by atoms with E-state index in [1.807, 2.05) is 37.3 Å². The van der Waals surface area contributed by atoms with E-state index in [-0.39, 0.29) is 18.2 Å². The summed E-state index contributed by atoms with van der Waals surface area (Å²) in [6.07, 6.45) is 8.85. The van der Waals surface area contributed by atoms with Gasteiger partial charge in [0.05, 0.1) is 0 Å². The lowest BCUT2D eigenvalue weighted by molar-refractivity contribution is -0.137. The molecule has 2 amide bonds.